The molecule has 0 unspecified atom stereocenters. The highest BCUT2D eigenvalue weighted by Gasteiger charge is 2.29. The highest BCUT2D eigenvalue weighted by molar-refractivity contribution is 5.17. The maximum atomic E-state index is 5.06. The number of nitrogens with one attached hydrogen (secondary N) is 4. The predicted molar refractivity (Wildman–Crippen MR) is 115 cm³/mol. The lowest BCUT2D eigenvalue weighted by Gasteiger charge is -2.36. The van der Waals surface area contributed by atoms with Gasteiger partial charge >= 0.3 is 0 Å². The van der Waals surface area contributed by atoms with E-state index in [-0.39, 0.29) is 12.1 Å². The van der Waals surface area contributed by atoms with Crippen molar-refractivity contribution in [2.75, 3.05) is 13.1 Å². The Labute approximate surface area is 170 Å². The Morgan fingerprint density at radius 1 is 0.679 bits per heavy atom. The van der Waals surface area contributed by atoms with Crippen LogP contribution < -0.4 is 21.3 Å². The highest BCUT2D eigenvalue weighted by atomic mass is 15.1. The second-order valence-corrected chi connectivity index (χ2v) is 9.17. The second kappa shape index (κ2) is 9.66. The molecule has 2 heterocycles. The molecule has 156 valence electrons. The lowest BCUT2D eigenvalue weighted by atomic mass is 9.89. The summed E-state index contributed by atoms with van der Waals surface area (Å²) in [6.45, 7) is 6.66. The first-order valence-corrected chi connectivity index (χ1v) is 11.7. The molecule has 4 N–H and O–H groups in total. The summed E-state index contributed by atoms with van der Waals surface area (Å²) in [5, 5.41) is 15.5. The average Bonchev–Trinajstić information content (AvgIpc) is 2.73. The largest absolute Gasteiger partial charge is 0.311 e. The highest BCUT2D eigenvalue weighted by Crippen LogP contribution is 2.24. The van der Waals surface area contributed by atoms with E-state index in [1.807, 2.05) is 0 Å². The molecule has 5 nitrogen and oxygen atoms in total. The fraction of sp³-hybridized carbons (Fsp3) is 0.783. The summed E-state index contributed by atoms with van der Waals surface area (Å²) in [6, 6.07) is 9.34. The van der Waals surface area contributed by atoms with Gasteiger partial charge in [0.1, 0.15) is 0 Å². The summed E-state index contributed by atoms with van der Waals surface area (Å²) < 4.78 is 0. The minimum Gasteiger partial charge on any atom is -0.311 e. The van der Waals surface area contributed by atoms with Crippen molar-refractivity contribution in [3.05, 3.63) is 29.6 Å². The molecule has 2 aliphatic carbocycles. The fourth-order valence-corrected chi connectivity index (χ4v) is 5.43. The van der Waals surface area contributed by atoms with E-state index in [1.54, 1.807) is 0 Å². The summed E-state index contributed by atoms with van der Waals surface area (Å²) in [5.41, 5.74) is 2.34. The van der Waals surface area contributed by atoms with Crippen LogP contribution >= 0.6 is 0 Å². The molecule has 5 heteroatoms. The summed E-state index contributed by atoms with van der Waals surface area (Å²) >= 11 is 0. The molecule has 0 aromatic carbocycles. The third-order valence-corrected chi connectivity index (χ3v) is 7.08. The SMILES string of the molecule is C[C@@H]1N[C@H]2CCCC[C@H]2NCCN[C@@H]2CCCC[C@H]2N[C@@H](C)c2cccc1n2. The molecule has 2 bridgehead atoms. The summed E-state index contributed by atoms with van der Waals surface area (Å²) in [4.78, 5) is 5.06. The van der Waals surface area contributed by atoms with Gasteiger partial charge in [-0.1, -0.05) is 31.7 Å². The van der Waals surface area contributed by atoms with Crippen LogP contribution in [-0.4, -0.2) is 42.2 Å². The van der Waals surface area contributed by atoms with Crippen molar-refractivity contribution in [1.82, 2.24) is 26.3 Å². The first-order valence-electron chi connectivity index (χ1n) is 11.7. The van der Waals surface area contributed by atoms with Gasteiger partial charge in [-0.25, -0.2) is 0 Å². The van der Waals surface area contributed by atoms with Crippen LogP contribution in [0, 0.1) is 0 Å². The number of fused-ring (bicyclic) bond motifs is 4. The number of hydrogen-bond acceptors (Lipinski definition) is 5. The Hall–Kier alpha value is -1.01. The molecule has 2 saturated carbocycles. The maximum absolute atomic E-state index is 5.06. The maximum Gasteiger partial charge on any atom is 0.0574 e. The Morgan fingerprint density at radius 2 is 1.11 bits per heavy atom. The van der Waals surface area contributed by atoms with Crippen molar-refractivity contribution in [3.63, 3.8) is 0 Å². The first kappa shape index (κ1) is 20.3. The van der Waals surface area contributed by atoms with Gasteiger partial charge in [0.05, 0.1) is 11.4 Å². The quantitative estimate of drug-likeness (QED) is 0.552. The van der Waals surface area contributed by atoms with Crippen LogP contribution in [0.1, 0.15) is 88.7 Å². The van der Waals surface area contributed by atoms with Crippen molar-refractivity contribution >= 4 is 0 Å². The van der Waals surface area contributed by atoms with Crippen molar-refractivity contribution in [1.29, 1.82) is 0 Å². The number of aromatic nitrogens is 1. The van der Waals surface area contributed by atoms with Gasteiger partial charge in [-0.05, 0) is 51.7 Å². The van der Waals surface area contributed by atoms with Crippen molar-refractivity contribution < 1.29 is 0 Å². The second-order valence-electron chi connectivity index (χ2n) is 9.17. The molecule has 28 heavy (non-hydrogen) atoms. The van der Waals surface area contributed by atoms with Gasteiger partial charge in [-0.3, -0.25) is 4.98 Å². The van der Waals surface area contributed by atoms with Gasteiger partial charge in [-0.2, -0.15) is 0 Å². The molecule has 1 aromatic rings. The zero-order valence-electron chi connectivity index (χ0n) is 17.7. The molecule has 3 aliphatic rings. The summed E-state index contributed by atoms with van der Waals surface area (Å²) in [5.74, 6) is 0. The van der Waals surface area contributed by atoms with Gasteiger partial charge in [-0.15, -0.1) is 0 Å². The Bertz CT molecular complexity index is 572. The Balaban J connectivity index is 1.56. The van der Waals surface area contributed by atoms with E-state index < -0.39 is 0 Å². The standard InChI is InChI=1S/C23H39N5/c1-16-18-12-7-13-19(28-18)17(2)27-23-11-6-4-9-21(23)25-15-14-24-20-8-3-5-10-22(20)26-16/h7,12-13,16-17,20-27H,3-6,8-11,14-15H2,1-2H3/t16-,17-,20+,21+,22-,23+/m0/s1. The van der Waals surface area contributed by atoms with E-state index >= 15 is 0 Å². The van der Waals surface area contributed by atoms with Crippen molar-refractivity contribution in [2.45, 2.75) is 101 Å². The van der Waals surface area contributed by atoms with Gasteiger partial charge in [0.25, 0.3) is 0 Å². The average molecular weight is 386 g/mol. The number of nitrogens with zero attached hydrogens (tertiary/aromatic N) is 1. The lowest BCUT2D eigenvalue weighted by molar-refractivity contribution is 0.254. The molecule has 0 amide bonds. The van der Waals surface area contributed by atoms with Crippen LogP contribution in [0.4, 0.5) is 0 Å². The molecule has 0 saturated heterocycles. The molecule has 6 atom stereocenters. The molecule has 1 aromatic heterocycles. The van der Waals surface area contributed by atoms with E-state index in [2.05, 4.69) is 53.3 Å². The van der Waals surface area contributed by atoms with Gasteiger partial charge < -0.3 is 21.3 Å². The van der Waals surface area contributed by atoms with Crippen LogP contribution in [0.5, 0.6) is 0 Å². The fourth-order valence-electron chi connectivity index (χ4n) is 5.43. The van der Waals surface area contributed by atoms with E-state index in [9.17, 15) is 0 Å². The molecular weight excluding hydrogens is 346 g/mol. The summed E-state index contributed by atoms with van der Waals surface area (Å²) in [6.07, 6.45) is 10.4. The monoisotopic (exact) mass is 385 g/mol. The topological polar surface area (TPSA) is 61.0 Å². The zero-order chi connectivity index (χ0) is 19.3. The third kappa shape index (κ3) is 4.93. The normalized spacial score (nSPS) is 37.8. The van der Waals surface area contributed by atoms with E-state index in [0.29, 0.717) is 24.2 Å². The third-order valence-electron chi connectivity index (χ3n) is 7.08. The Kier molecular flexibility index (Phi) is 6.99. The minimum atomic E-state index is 0.283. The van der Waals surface area contributed by atoms with Gasteiger partial charge in [0, 0.05) is 49.3 Å². The molecule has 0 radical (unpaired) electrons. The van der Waals surface area contributed by atoms with Crippen LogP contribution in [0.25, 0.3) is 0 Å². The van der Waals surface area contributed by atoms with E-state index in [0.717, 1.165) is 13.1 Å². The minimum absolute atomic E-state index is 0.283. The van der Waals surface area contributed by atoms with Crippen LogP contribution in [0.2, 0.25) is 0 Å². The predicted octanol–water partition coefficient (Wildman–Crippen LogP) is 3.20. The van der Waals surface area contributed by atoms with Gasteiger partial charge in [0.2, 0.25) is 0 Å². The van der Waals surface area contributed by atoms with E-state index in [1.165, 1.54) is 62.8 Å². The number of pyridine rings is 1. The van der Waals surface area contributed by atoms with Crippen LogP contribution in [0.3, 0.4) is 0 Å². The molecule has 1 aliphatic heterocycles. The van der Waals surface area contributed by atoms with Gasteiger partial charge in [0.15, 0.2) is 0 Å². The number of rotatable bonds is 0. The first-order chi connectivity index (χ1) is 13.7. The Morgan fingerprint density at radius 3 is 1.57 bits per heavy atom. The smallest absolute Gasteiger partial charge is 0.0574 e. The van der Waals surface area contributed by atoms with Crippen molar-refractivity contribution in [2.24, 2.45) is 0 Å². The molecule has 2 fully saturated rings. The number of hydrogen-bond donors (Lipinski definition) is 4. The lowest BCUT2D eigenvalue weighted by Crippen LogP contribution is -2.54. The zero-order valence-corrected chi connectivity index (χ0v) is 17.7. The van der Waals surface area contributed by atoms with E-state index in [4.69, 9.17) is 4.98 Å². The van der Waals surface area contributed by atoms with Crippen molar-refractivity contribution in [3.8, 4) is 0 Å². The molecular formula is C23H39N5. The van der Waals surface area contributed by atoms with Crippen LogP contribution in [0.15, 0.2) is 18.2 Å². The summed E-state index contributed by atoms with van der Waals surface area (Å²) in [7, 11) is 0. The van der Waals surface area contributed by atoms with Crippen LogP contribution in [-0.2, 0) is 0 Å². The molecule has 4 rings (SSSR count). The molecule has 0 spiro atoms.